The summed E-state index contributed by atoms with van der Waals surface area (Å²) in [5, 5.41) is 1.06. The maximum atomic E-state index is 12.9. The topological polar surface area (TPSA) is 76.7 Å². The summed E-state index contributed by atoms with van der Waals surface area (Å²) in [5.74, 6) is -0.145. The van der Waals surface area contributed by atoms with Crippen molar-refractivity contribution in [1.29, 1.82) is 0 Å². The number of amides is 3. The second kappa shape index (κ2) is 6.16. The Bertz CT molecular complexity index is 903. The van der Waals surface area contributed by atoms with Crippen LogP contribution in [0.25, 0.3) is 10.9 Å². The average Bonchev–Trinajstić information content (AvgIpc) is 2.95. The van der Waals surface area contributed by atoms with Crippen LogP contribution in [0, 0.1) is 6.92 Å². The Hall–Kier alpha value is -2.83. The van der Waals surface area contributed by atoms with Gasteiger partial charge in [0.1, 0.15) is 6.04 Å². The molecule has 0 saturated carbocycles. The van der Waals surface area contributed by atoms with Gasteiger partial charge in [-0.2, -0.15) is 0 Å². The van der Waals surface area contributed by atoms with Crippen LogP contribution < -0.4 is 0 Å². The Kier molecular flexibility index (Phi) is 3.94. The van der Waals surface area contributed by atoms with Crippen LogP contribution in [0.2, 0.25) is 0 Å². The molecular formula is C19H22N4O3. The highest BCUT2D eigenvalue weighted by Gasteiger charge is 2.42. The van der Waals surface area contributed by atoms with Gasteiger partial charge >= 0.3 is 0 Å². The Morgan fingerprint density at radius 1 is 1.23 bits per heavy atom. The molecule has 136 valence electrons. The monoisotopic (exact) mass is 354 g/mol. The normalized spacial score (nSPS) is 20.7. The third-order valence-electron chi connectivity index (χ3n) is 5.44. The van der Waals surface area contributed by atoms with E-state index in [0.29, 0.717) is 19.5 Å². The Labute approximate surface area is 151 Å². The molecule has 2 aliphatic heterocycles. The number of carbonyl (C=O) groups is 3. The summed E-state index contributed by atoms with van der Waals surface area (Å²) in [6.45, 7) is 3.26. The van der Waals surface area contributed by atoms with E-state index in [2.05, 4.69) is 4.98 Å². The molecule has 2 aromatic rings. The van der Waals surface area contributed by atoms with Gasteiger partial charge in [0.2, 0.25) is 17.7 Å². The molecule has 1 aromatic heterocycles. The van der Waals surface area contributed by atoms with Crippen molar-refractivity contribution in [3.63, 3.8) is 0 Å². The molecule has 2 fully saturated rings. The van der Waals surface area contributed by atoms with Gasteiger partial charge in [-0.25, -0.2) is 0 Å². The van der Waals surface area contributed by atoms with Crippen LogP contribution in [-0.2, 0) is 20.8 Å². The van der Waals surface area contributed by atoms with E-state index in [1.807, 2.05) is 31.2 Å². The maximum absolute atomic E-state index is 12.9. The van der Waals surface area contributed by atoms with Gasteiger partial charge in [0.25, 0.3) is 0 Å². The molecule has 1 aromatic carbocycles. The summed E-state index contributed by atoms with van der Waals surface area (Å²) < 4.78 is 0. The van der Waals surface area contributed by atoms with E-state index in [-0.39, 0.29) is 30.8 Å². The molecule has 7 nitrogen and oxygen atoms in total. The first kappa shape index (κ1) is 16.6. The number of aromatic nitrogens is 1. The standard InChI is InChI=1S/C19H22N4O3/c1-12-14(13-5-3-4-6-15(13)20-12)9-17(24)22-7-8-23-16(10-22)19(26)21(2)11-18(23)25/h3-6,16,20H,7-11H2,1-2H3/t16-/m1/s1. The van der Waals surface area contributed by atoms with Crippen molar-refractivity contribution in [2.45, 2.75) is 19.4 Å². The average molecular weight is 354 g/mol. The zero-order chi connectivity index (χ0) is 18.4. The van der Waals surface area contributed by atoms with Gasteiger partial charge in [-0.1, -0.05) is 18.2 Å². The van der Waals surface area contributed by atoms with Crippen molar-refractivity contribution < 1.29 is 14.4 Å². The number of likely N-dealkylation sites (N-methyl/N-ethyl adjacent to an activating group) is 1. The first-order chi connectivity index (χ1) is 12.5. The fourth-order valence-electron chi connectivity index (χ4n) is 3.97. The summed E-state index contributed by atoms with van der Waals surface area (Å²) in [6, 6.07) is 7.38. The smallest absolute Gasteiger partial charge is 0.247 e. The van der Waals surface area contributed by atoms with E-state index in [1.165, 1.54) is 4.90 Å². The van der Waals surface area contributed by atoms with E-state index in [9.17, 15) is 14.4 Å². The number of aryl methyl sites for hydroxylation is 1. The summed E-state index contributed by atoms with van der Waals surface area (Å²) in [6.07, 6.45) is 0.292. The molecule has 26 heavy (non-hydrogen) atoms. The fourth-order valence-corrected chi connectivity index (χ4v) is 3.97. The molecule has 3 heterocycles. The number of rotatable bonds is 2. The second-order valence-electron chi connectivity index (χ2n) is 7.09. The summed E-state index contributed by atoms with van der Waals surface area (Å²) in [5.41, 5.74) is 3.00. The molecule has 0 unspecified atom stereocenters. The number of aromatic amines is 1. The molecule has 2 aliphatic rings. The molecule has 2 saturated heterocycles. The van der Waals surface area contributed by atoms with E-state index in [4.69, 9.17) is 0 Å². The van der Waals surface area contributed by atoms with E-state index < -0.39 is 6.04 Å². The lowest BCUT2D eigenvalue weighted by molar-refractivity contribution is -0.160. The van der Waals surface area contributed by atoms with Crippen molar-refractivity contribution in [2.24, 2.45) is 0 Å². The second-order valence-corrected chi connectivity index (χ2v) is 7.09. The van der Waals surface area contributed by atoms with Crippen molar-refractivity contribution in [3.8, 4) is 0 Å². The largest absolute Gasteiger partial charge is 0.358 e. The van der Waals surface area contributed by atoms with Gasteiger partial charge in [0.05, 0.1) is 19.5 Å². The first-order valence-electron chi connectivity index (χ1n) is 8.84. The molecule has 0 aliphatic carbocycles. The van der Waals surface area contributed by atoms with Crippen molar-refractivity contribution in [3.05, 3.63) is 35.5 Å². The number of piperazine rings is 2. The van der Waals surface area contributed by atoms with Gasteiger partial charge < -0.3 is 19.7 Å². The van der Waals surface area contributed by atoms with Gasteiger partial charge in [0.15, 0.2) is 0 Å². The number of fused-ring (bicyclic) bond motifs is 2. The number of H-pyrrole nitrogens is 1. The molecule has 1 atom stereocenters. The number of nitrogens with one attached hydrogen (secondary N) is 1. The minimum absolute atomic E-state index is 0.00835. The Morgan fingerprint density at radius 3 is 2.81 bits per heavy atom. The predicted octanol–water partition coefficient (Wildman–Crippen LogP) is 0.530. The molecular weight excluding hydrogens is 332 g/mol. The summed E-state index contributed by atoms with van der Waals surface area (Å²) >= 11 is 0. The van der Waals surface area contributed by atoms with E-state index in [1.54, 1.807) is 16.8 Å². The van der Waals surface area contributed by atoms with Crippen molar-refractivity contribution in [1.82, 2.24) is 19.7 Å². The quantitative estimate of drug-likeness (QED) is 0.855. The van der Waals surface area contributed by atoms with Gasteiger partial charge in [-0.15, -0.1) is 0 Å². The highest BCUT2D eigenvalue weighted by atomic mass is 16.2. The SMILES string of the molecule is Cc1[nH]c2ccccc2c1CC(=O)N1CCN2C(=O)CN(C)C(=O)[C@H]2C1. The fraction of sp³-hybridized carbons (Fsp3) is 0.421. The summed E-state index contributed by atoms with van der Waals surface area (Å²) in [7, 11) is 1.63. The lowest BCUT2D eigenvalue weighted by Crippen LogP contribution is -2.66. The van der Waals surface area contributed by atoms with Crippen LogP contribution in [0.4, 0.5) is 0 Å². The zero-order valence-corrected chi connectivity index (χ0v) is 15.0. The van der Waals surface area contributed by atoms with Crippen LogP contribution in [0.15, 0.2) is 24.3 Å². The molecule has 0 spiro atoms. The number of nitrogens with zero attached hydrogens (tertiary/aromatic N) is 3. The van der Waals surface area contributed by atoms with Crippen LogP contribution in [-0.4, -0.2) is 76.7 Å². The molecule has 0 radical (unpaired) electrons. The highest BCUT2D eigenvalue weighted by molar-refractivity contribution is 5.96. The Balaban J connectivity index is 1.53. The Morgan fingerprint density at radius 2 is 2.00 bits per heavy atom. The number of hydrogen-bond donors (Lipinski definition) is 1. The van der Waals surface area contributed by atoms with Crippen molar-refractivity contribution >= 4 is 28.6 Å². The predicted molar refractivity (Wildman–Crippen MR) is 96.5 cm³/mol. The summed E-state index contributed by atoms with van der Waals surface area (Å²) in [4.78, 5) is 45.5. The van der Waals surface area contributed by atoms with Gasteiger partial charge in [-0.05, 0) is 18.6 Å². The van der Waals surface area contributed by atoms with Crippen LogP contribution in [0.1, 0.15) is 11.3 Å². The van der Waals surface area contributed by atoms with Crippen LogP contribution in [0.5, 0.6) is 0 Å². The zero-order valence-electron chi connectivity index (χ0n) is 15.0. The number of benzene rings is 1. The highest BCUT2D eigenvalue weighted by Crippen LogP contribution is 2.24. The molecule has 0 bridgehead atoms. The first-order valence-corrected chi connectivity index (χ1v) is 8.84. The minimum atomic E-state index is -0.553. The maximum Gasteiger partial charge on any atom is 0.247 e. The van der Waals surface area contributed by atoms with Gasteiger partial charge in [-0.3, -0.25) is 14.4 Å². The molecule has 4 rings (SSSR count). The molecule has 7 heteroatoms. The third kappa shape index (κ3) is 2.64. The third-order valence-corrected chi connectivity index (χ3v) is 5.44. The van der Waals surface area contributed by atoms with Crippen LogP contribution in [0.3, 0.4) is 0 Å². The van der Waals surface area contributed by atoms with E-state index >= 15 is 0 Å². The van der Waals surface area contributed by atoms with Crippen molar-refractivity contribution in [2.75, 3.05) is 33.2 Å². The number of hydrogen-bond acceptors (Lipinski definition) is 3. The number of carbonyl (C=O) groups excluding carboxylic acids is 3. The lowest BCUT2D eigenvalue weighted by Gasteiger charge is -2.45. The number of para-hydroxylation sites is 1. The van der Waals surface area contributed by atoms with E-state index in [0.717, 1.165) is 22.2 Å². The molecule has 1 N–H and O–H groups in total. The minimum Gasteiger partial charge on any atom is -0.358 e. The van der Waals surface area contributed by atoms with Crippen LogP contribution >= 0.6 is 0 Å². The molecule has 3 amide bonds. The lowest BCUT2D eigenvalue weighted by atomic mass is 10.0. The van der Waals surface area contributed by atoms with Gasteiger partial charge in [0, 0.05) is 36.7 Å².